The van der Waals surface area contributed by atoms with E-state index < -0.39 is 8.32 Å². The van der Waals surface area contributed by atoms with Crippen LogP contribution in [0.1, 0.15) is 34.1 Å². The van der Waals surface area contributed by atoms with Crippen molar-refractivity contribution in [2.24, 2.45) is 0 Å². The third kappa shape index (κ3) is 4.67. The lowest BCUT2D eigenvalue weighted by Crippen LogP contribution is -2.67. The number of hydrogen-bond donors (Lipinski definition) is 0. The summed E-state index contributed by atoms with van der Waals surface area (Å²) in [5.74, 6) is -0.0945. The fourth-order valence-corrected chi connectivity index (χ4v) is 8.21. The van der Waals surface area contributed by atoms with E-state index in [1.165, 1.54) is 22.5 Å². The molecule has 2 rings (SSSR count). The third-order valence-corrected chi connectivity index (χ3v) is 10.0. The monoisotopic (exact) mass is 385 g/mol. The van der Waals surface area contributed by atoms with E-state index in [0.29, 0.717) is 0 Å². The van der Waals surface area contributed by atoms with Crippen LogP contribution in [0.15, 0.2) is 60.7 Å². The third-order valence-electron chi connectivity index (χ3n) is 4.88. The van der Waals surface area contributed by atoms with Gasteiger partial charge in [0.2, 0.25) is 5.91 Å². The molecule has 0 aromatic heterocycles. The molecule has 0 saturated carbocycles. The summed E-state index contributed by atoms with van der Waals surface area (Å²) >= 11 is 0. The number of hydroxylamine groups is 2. The normalized spacial score (nSPS) is 13.3. The Morgan fingerprint density at radius 1 is 1.00 bits per heavy atom. The Morgan fingerprint density at radius 2 is 1.44 bits per heavy atom. The molecule has 2 aromatic carbocycles. The van der Waals surface area contributed by atoms with E-state index in [9.17, 15) is 4.79 Å². The first-order valence-electron chi connectivity index (χ1n) is 9.32. The molecular formula is C22H31NO3Si. The Morgan fingerprint density at radius 3 is 1.81 bits per heavy atom. The van der Waals surface area contributed by atoms with Crippen molar-refractivity contribution >= 4 is 24.6 Å². The Kier molecular flexibility index (Phi) is 6.98. The second-order valence-electron chi connectivity index (χ2n) is 7.87. The Hall–Kier alpha value is -1.95. The first-order chi connectivity index (χ1) is 12.7. The first kappa shape index (κ1) is 21.3. The lowest BCUT2D eigenvalue weighted by molar-refractivity contribution is -0.170. The lowest BCUT2D eigenvalue weighted by Gasteiger charge is -2.44. The van der Waals surface area contributed by atoms with Gasteiger partial charge in [-0.3, -0.25) is 9.63 Å². The minimum atomic E-state index is -2.64. The van der Waals surface area contributed by atoms with E-state index in [4.69, 9.17) is 9.26 Å². The van der Waals surface area contributed by atoms with Gasteiger partial charge in [-0.2, -0.15) is 0 Å². The summed E-state index contributed by atoms with van der Waals surface area (Å²) in [5, 5.41) is 3.57. The van der Waals surface area contributed by atoms with Gasteiger partial charge < -0.3 is 4.43 Å². The summed E-state index contributed by atoms with van der Waals surface area (Å²) in [6.45, 7) is 8.67. The molecule has 0 spiro atoms. The van der Waals surface area contributed by atoms with E-state index in [1.54, 1.807) is 7.05 Å². The van der Waals surface area contributed by atoms with Crippen LogP contribution in [-0.2, 0) is 14.1 Å². The van der Waals surface area contributed by atoms with Crippen molar-refractivity contribution < 1.29 is 14.1 Å². The predicted octanol–water partition coefficient (Wildman–Crippen LogP) is 3.36. The number of nitrogens with zero attached hydrogens (tertiary/aromatic N) is 1. The van der Waals surface area contributed by atoms with Crippen LogP contribution in [0.2, 0.25) is 5.04 Å². The van der Waals surface area contributed by atoms with Gasteiger partial charge in [-0.25, -0.2) is 5.06 Å². The number of carbonyl (C=O) groups excluding carboxylic acids is 1. The maximum atomic E-state index is 12.3. The molecule has 5 heteroatoms. The highest BCUT2D eigenvalue weighted by Gasteiger charge is 2.51. The largest absolute Gasteiger partial charge is 0.404 e. The molecule has 0 unspecified atom stereocenters. The Balaban J connectivity index is 2.51. The quantitative estimate of drug-likeness (QED) is 0.542. The van der Waals surface area contributed by atoms with Crippen LogP contribution in [-0.4, -0.2) is 39.5 Å². The van der Waals surface area contributed by atoms with Gasteiger partial charge in [0.05, 0.1) is 19.6 Å². The van der Waals surface area contributed by atoms with E-state index in [0.717, 1.165) is 0 Å². The van der Waals surface area contributed by atoms with Crippen molar-refractivity contribution in [3.8, 4) is 0 Å². The minimum Gasteiger partial charge on any atom is -0.404 e. The average Bonchev–Trinajstić information content (AvgIpc) is 2.65. The minimum absolute atomic E-state index is 0.0945. The van der Waals surface area contributed by atoms with Gasteiger partial charge in [-0.05, 0) is 22.3 Å². The van der Waals surface area contributed by atoms with Crippen LogP contribution in [0.5, 0.6) is 0 Å². The number of rotatable bonds is 7. The molecule has 1 amide bonds. The molecule has 2 aromatic rings. The van der Waals surface area contributed by atoms with Crippen molar-refractivity contribution in [2.45, 2.75) is 45.3 Å². The summed E-state index contributed by atoms with van der Waals surface area (Å²) in [6, 6.07) is 20.9. The molecule has 146 valence electrons. The topological polar surface area (TPSA) is 38.8 Å². The molecular weight excluding hydrogens is 354 g/mol. The molecule has 4 nitrogen and oxygen atoms in total. The number of benzene rings is 2. The van der Waals surface area contributed by atoms with E-state index in [1.807, 2.05) is 19.1 Å². The van der Waals surface area contributed by atoms with Gasteiger partial charge in [0, 0.05) is 7.05 Å². The molecule has 0 aliphatic rings. The van der Waals surface area contributed by atoms with E-state index in [2.05, 4.69) is 69.3 Å². The average molecular weight is 386 g/mol. The molecule has 0 fully saturated rings. The standard InChI is InChI=1S/C22H31NO3Si/c1-18(17-21(24)23(5)25-6)26-27(22(2,3)4,19-13-9-7-10-14-19)20-15-11-8-12-16-20/h7-16,18H,17H2,1-6H3/t18-/m0/s1. The van der Waals surface area contributed by atoms with E-state index in [-0.39, 0.29) is 23.5 Å². The maximum absolute atomic E-state index is 12.3. The molecule has 27 heavy (non-hydrogen) atoms. The summed E-state index contributed by atoms with van der Waals surface area (Å²) in [5.41, 5.74) is 0. The van der Waals surface area contributed by atoms with Crippen LogP contribution in [0.4, 0.5) is 0 Å². The Labute approximate surface area is 164 Å². The number of amides is 1. The zero-order valence-corrected chi connectivity index (χ0v) is 18.2. The summed E-state index contributed by atoms with van der Waals surface area (Å²) < 4.78 is 6.88. The van der Waals surface area contributed by atoms with Crippen LogP contribution in [0.3, 0.4) is 0 Å². The lowest BCUT2D eigenvalue weighted by atomic mass is 10.2. The van der Waals surface area contributed by atoms with Crippen molar-refractivity contribution in [2.75, 3.05) is 14.2 Å². The van der Waals surface area contributed by atoms with Gasteiger partial charge >= 0.3 is 0 Å². The fourth-order valence-electron chi connectivity index (χ4n) is 3.51. The smallest absolute Gasteiger partial charge is 0.261 e. The van der Waals surface area contributed by atoms with Gasteiger partial charge in [0.15, 0.2) is 0 Å². The van der Waals surface area contributed by atoms with Crippen molar-refractivity contribution in [3.63, 3.8) is 0 Å². The SMILES string of the molecule is CON(C)C(=O)C[C@H](C)O[Si](c1ccccc1)(c1ccccc1)C(C)(C)C. The number of carbonyl (C=O) groups is 1. The second kappa shape index (κ2) is 8.82. The summed E-state index contributed by atoms with van der Waals surface area (Å²) in [6.07, 6.45) is 0.0378. The Bertz CT molecular complexity index is 689. The molecule has 0 saturated heterocycles. The van der Waals surface area contributed by atoms with Gasteiger partial charge in [0.1, 0.15) is 0 Å². The predicted molar refractivity (Wildman–Crippen MR) is 113 cm³/mol. The van der Waals surface area contributed by atoms with Crippen LogP contribution in [0, 0.1) is 0 Å². The number of hydrogen-bond acceptors (Lipinski definition) is 3. The van der Waals surface area contributed by atoms with Crippen LogP contribution in [0.25, 0.3) is 0 Å². The van der Waals surface area contributed by atoms with Gasteiger partial charge in [-0.1, -0.05) is 81.4 Å². The van der Waals surface area contributed by atoms with Crippen molar-refractivity contribution in [3.05, 3.63) is 60.7 Å². The van der Waals surface area contributed by atoms with Crippen LogP contribution < -0.4 is 10.4 Å². The van der Waals surface area contributed by atoms with Crippen molar-refractivity contribution in [1.29, 1.82) is 0 Å². The maximum Gasteiger partial charge on any atom is 0.261 e. The molecule has 0 N–H and O–H groups in total. The zero-order valence-electron chi connectivity index (χ0n) is 17.2. The second-order valence-corrected chi connectivity index (χ2v) is 12.1. The molecule has 0 bridgehead atoms. The summed E-state index contributed by atoms with van der Waals surface area (Å²) in [7, 11) is 0.479. The fraction of sp³-hybridized carbons (Fsp3) is 0.409. The van der Waals surface area contributed by atoms with E-state index >= 15 is 0 Å². The molecule has 0 radical (unpaired) electrons. The summed E-state index contributed by atoms with van der Waals surface area (Å²) in [4.78, 5) is 17.3. The highest BCUT2D eigenvalue weighted by Crippen LogP contribution is 2.37. The molecule has 0 aliphatic heterocycles. The van der Waals surface area contributed by atoms with Gasteiger partial charge in [-0.15, -0.1) is 0 Å². The van der Waals surface area contributed by atoms with Crippen molar-refractivity contribution in [1.82, 2.24) is 5.06 Å². The van der Waals surface area contributed by atoms with Crippen LogP contribution >= 0.6 is 0 Å². The first-order valence-corrected chi connectivity index (χ1v) is 11.2. The molecule has 1 atom stereocenters. The zero-order chi connectivity index (χ0) is 20.1. The molecule has 0 heterocycles. The molecule has 0 aliphatic carbocycles. The highest BCUT2D eigenvalue weighted by atomic mass is 28.4. The highest BCUT2D eigenvalue weighted by molar-refractivity contribution is 6.99. The van der Waals surface area contributed by atoms with Gasteiger partial charge in [0.25, 0.3) is 8.32 Å².